The number of carbonyl (C=O) groups excluding carboxylic acids is 3. The number of hydrogen-bond acceptors (Lipinski definition) is 5. The first kappa shape index (κ1) is 18.8. The van der Waals surface area contributed by atoms with Gasteiger partial charge in [-0.2, -0.15) is 0 Å². The van der Waals surface area contributed by atoms with Crippen molar-refractivity contribution < 1.29 is 19.1 Å². The monoisotopic (exact) mass is 404 g/mol. The lowest BCUT2D eigenvalue weighted by Gasteiger charge is -2.11. The van der Waals surface area contributed by atoms with E-state index >= 15 is 0 Å². The number of benzene rings is 3. The average molecular weight is 404 g/mol. The number of para-hydroxylation sites is 1. The van der Waals surface area contributed by atoms with E-state index in [0.717, 1.165) is 22.5 Å². The number of fused-ring (bicyclic) bond motifs is 1. The Bertz CT molecular complexity index is 1150. The Morgan fingerprint density at radius 1 is 1.00 bits per heavy atom. The summed E-state index contributed by atoms with van der Waals surface area (Å²) in [4.78, 5) is 35.8. The van der Waals surface area contributed by atoms with Gasteiger partial charge in [0.25, 0.3) is 17.1 Å². The van der Waals surface area contributed by atoms with E-state index in [1.807, 2.05) is 42.5 Å². The Balaban J connectivity index is 1.47. The van der Waals surface area contributed by atoms with E-state index in [0.29, 0.717) is 17.0 Å². The van der Waals surface area contributed by atoms with Crippen LogP contribution in [0.4, 0.5) is 10.5 Å². The Kier molecular flexibility index (Phi) is 5.31. The number of anilines is 1. The maximum absolute atomic E-state index is 12.4. The molecule has 6 nitrogen and oxygen atoms in total. The second kappa shape index (κ2) is 8.20. The number of amides is 3. The van der Waals surface area contributed by atoms with Crippen LogP contribution in [0, 0.1) is 0 Å². The number of nitrogens with one attached hydrogen (secondary N) is 2. The smallest absolute Gasteiger partial charge is 0.290 e. The summed E-state index contributed by atoms with van der Waals surface area (Å²) in [5.41, 5.74) is 1.32. The lowest BCUT2D eigenvalue weighted by Crippen LogP contribution is -2.20. The molecule has 2 N–H and O–H groups in total. The normalized spacial score (nSPS) is 14.8. The van der Waals surface area contributed by atoms with Crippen molar-refractivity contribution >= 4 is 51.4 Å². The molecule has 3 amide bonds. The lowest BCUT2D eigenvalue weighted by atomic mass is 10.1. The molecule has 29 heavy (non-hydrogen) atoms. The Morgan fingerprint density at radius 3 is 2.59 bits per heavy atom. The van der Waals surface area contributed by atoms with E-state index in [-0.39, 0.29) is 17.4 Å². The third kappa shape index (κ3) is 4.30. The van der Waals surface area contributed by atoms with Crippen molar-refractivity contribution in [1.82, 2.24) is 5.32 Å². The fourth-order valence-electron chi connectivity index (χ4n) is 2.96. The van der Waals surface area contributed by atoms with Gasteiger partial charge in [-0.05, 0) is 35.4 Å². The second-order valence-corrected chi connectivity index (χ2v) is 7.27. The molecule has 0 atom stereocenters. The minimum absolute atomic E-state index is 0.193. The van der Waals surface area contributed by atoms with Gasteiger partial charge in [-0.1, -0.05) is 54.6 Å². The molecule has 144 valence electrons. The van der Waals surface area contributed by atoms with E-state index in [9.17, 15) is 14.4 Å². The highest BCUT2D eigenvalue weighted by Crippen LogP contribution is 2.29. The van der Waals surface area contributed by atoms with Gasteiger partial charge in [0.15, 0.2) is 6.61 Å². The molecule has 1 fully saturated rings. The molecule has 1 saturated heterocycles. The van der Waals surface area contributed by atoms with Gasteiger partial charge in [-0.15, -0.1) is 0 Å². The van der Waals surface area contributed by atoms with Crippen LogP contribution in [0.15, 0.2) is 71.6 Å². The summed E-state index contributed by atoms with van der Waals surface area (Å²) in [6.07, 6.45) is 1.57. The van der Waals surface area contributed by atoms with Crippen molar-refractivity contribution in [2.75, 3.05) is 11.9 Å². The zero-order valence-corrected chi connectivity index (χ0v) is 16.0. The number of imide groups is 1. The minimum atomic E-state index is -0.441. The molecule has 0 aliphatic carbocycles. The van der Waals surface area contributed by atoms with Crippen LogP contribution < -0.4 is 15.4 Å². The van der Waals surface area contributed by atoms with Crippen molar-refractivity contribution in [3.63, 3.8) is 0 Å². The quantitative estimate of drug-likeness (QED) is 0.623. The van der Waals surface area contributed by atoms with Gasteiger partial charge in [-0.3, -0.25) is 19.7 Å². The third-order valence-electron chi connectivity index (χ3n) is 4.27. The Morgan fingerprint density at radius 2 is 1.76 bits per heavy atom. The molecule has 1 aliphatic rings. The summed E-state index contributed by atoms with van der Waals surface area (Å²) in [6, 6.07) is 20.5. The predicted molar refractivity (Wildman–Crippen MR) is 114 cm³/mol. The molecule has 0 spiro atoms. The largest absolute Gasteiger partial charge is 0.483 e. The standard InChI is InChI=1S/C22H16N2O4S/c25-20(23-17-10-5-8-14-6-1-3-9-16(14)17)13-28-18-11-4-2-7-15(18)12-19-21(26)24-22(27)29-19/h1-12H,13H2,(H,23,25)(H,24,26,27)/b19-12-. The third-order valence-corrected chi connectivity index (χ3v) is 5.08. The molecule has 3 aromatic carbocycles. The van der Waals surface area contributed by atoms with E-state index in [4.69, 9.17) is 4.74 Å². The van der Waals surface area contributed by atoms with Gasteiger partial charge in [0.05, 0.1) is 4.91 Å². The highest BCUT2D eigenvalue weighted by molar-refractivity contribution is 8.18. The maximum atomic E-state index is 12.4. The predicted octanol–water partition coefficient (Wildman–Crippen LogP) is 4.18. The first-order valence-corrected chi connectivity index (χ1v) is 9.66. The molecule has 1 heterocycles. The van der Waals surface area contributed by atoms with Crippen LogP contribution >= 0.6 is 11.8 Å². The molecular weight excluding hydrogens is 388 g/mol. The summed E-state index contributed by atoms with van der Waals surface area (Å²) in [7, 11) is 0. The number of ether oxygens (including phenoxy) is 1. The van der Waals surface area contributed by atoms with Crippen LogP contribution in [0.25, 0.3) is 16.8 Å². The van der Waals surface area contributed by atoms with Crippen LogP contribution in [-0.2, 0) is 9.59 Å². The van der Waals surface area contributed by atoms with Gasteiger partial charge in [-0.25, -0.2) is 0 Å². The van der Waals surface area contributed by atoms with Gasteiger partial charge < -0.3 is 10.1 Å². The molecule has 7 heteroatoms. The molecule has 0 aromatic heterocycles. The van der Waals surface area contributed by atoms with Gasteiger partial charge >= 0.3 is 0 Å². The number of carbonyl (C=O) groups is 3. The number of rotatable bonds is 5. The van der Waals surface area contributed by atoms with E-state index in [1.165, 1.54) is 0 Å². The van der Waals surface area contributed by atoms with Crippen molar-refractivity contribution in [2.24, 2.45) is 0 Å². The summed E-state index contributed by atoms with van der Waals surface area (Å²) >= 11 is 0.831. The first-order valence-electron chi connectivity index (χ1n) is 8.84. The summed E-state index contributed by atoms with van der Waals surface area (Å²) in [5.74, 6) is -0.295. The van der Waals surface area contributed by atoms with E-state index in [1.54, 1.807) is 30.3 Å². The fourth-order valence-corrected chi connectivity index (χ4v) is 3.63. The van der Waals surface area contributed by atoms with Crippen LogP contribution in [0.2, 0.25) is 0 Å². The van der Waals surface area contributed by atoms with Crippen LogP contribution in [0.5, 0.6) is 5.75 Å². The summed E-state index contributed by atoms with van der Waals surface area (Å²) in [6.45, 7) is -0.193. The van der Waals surface area contributed by atoms with Crippen molar-refractivity contribution in [2.45, 2.75) is 0 Å². The molecule has 0 unspecified atom stereocenters. The second-order valence-electron chi connectivity index (χ2n) is 6.25. The SMILES string of the molecule is O=C(COc1ccccc1/C=C1\SC(=O)NC1=O)Nc1cccc2ccccc12. The average Bonchev–Trinajstić information content (AvgIpc) is 3.04. The topological polar surface area (TPSA) is 84.5 Å². The van der Waals surface area contributed by atoms with E-state index < -0.39 is 11.1 Å². The lowest BCUT2D eigenvalue weighted by molar-refractivity contribution is -0.118. The Hall–Kier alpha value is -3.58. The van der Waals surface area contributed by atoms with Crippen molar-refractivity contribution in [3.8, 4) is 5.75 Å². The van der Waals surface area contributed by atoms with Crippen LogP contribution in [0.1, 0.15) is 5.56 Å². The zero-order chi connectivity index (χ0) is 20.2. The zero-order valence-electron chi connectivity index (χ0n) is 15.2. The van der Waals surface area contributed by atoms with Gasteiger partial charge in [0.1, 0.15) is 5.75 Å². The fraction of sp³-hybridized carbons (Fsp3) is 0.0455. The molecule has 0 saturated carbocycles. The highest BCUT2D eigenvalue weighted by Gasteiger charge is 2.25. The van der Waals surface area contributed by atoms with Crippen LogP contribution in [0.3, 0.4) is 0 Å². The summed E-state index contributed by atoms with van der Waals surface area (Å²) in [5, 5.41) is 6.65. The molecule has 1 aliphatic heterocycles. The molecule has 0 radical (unpaired) electrons. The number of thioether (sulfide) groups is 1. The molecule has 0 bridgehead atoms. The van der Waals surface area contributed by atoms with Gasteiger partial charge in [0, 0.05) is 16.6 Å². The minimum Gasteiger partial charge on any atom is -0.483 e. The summed E-state index contributed by atoms with van der Waals surface area (Å²) < 4.78 is 5.67. The Labute approximate surface area is 170 Å². The number of hydrogen-bond donors (Lipinski definition) is 2. The molecular formula is C22H16N2O4S. The van der Waals surface area contributed by atoms with Crippen molar-refractivity contribution in [3.05, 3.63) is 77.2 Å². The van der Waals surface area contributed by atoms with Crippen LogP contribution in [-0.4, -0.2) is 23.7 Å². The highest BCUT2D eigenvalue weighted by atomic mass is 32.2. The van der Waals surface area contributed by atoms with Crippen molar-refractivity contribution in [1.29, 1.82) is 0 Å². The maximum Gasteiger partial charge on any atom is 0.290 e. The first-order chi connectivity index (χ1) is 14.1. The molecule has 3 aromatic rings. The molecule has 4 rings (SSSR count). The van der Waals surface area contributed by atoms with Gasteiger partial charge in [0.2, 0.25) is 0 Å². The van der Waals surface area contributed by atoms with E-state index in [2.05, 4.69) is 10.6 Å².